The Bertz CT molecular complexity index is 3310. The Morgan fingerprint density at radius 2 is 0.855 bits per heavy atom. The average Bonchev–Trinajstić information content (AvgIpc) is 3.76. The fourth-order valence-corrected chi connectivity index (χ4v) is 10.6. The normalized spacial score (nSPS) is 13.9. The van der Waals surface area contributed by atoms with Crippen molar-refractivity contribution in [1.29, 1.82) is 0 Å². The van der Waals surface area contributed by atoms with Gasteiger partial charge in [0.2, 0.25) is 0 Å². The summed E-state index contributed by atoms with van der Waals surface area (Å²) in [7, 11) is 0. The van der Waals surface area contributed by atoms with Gasteiger partial charge in [-0.3, -0.25) is 0 Å². The van der Waals surface area contributed by atoms with Gasteiger partial charge in [-0.05, 0) is 102 Å². The first kappa shape index (κ1) is 36.2. The summed E-state index contributed by atoms with van der Waals surface area (Å²) in [6, 6.07) is 79.6. The van der Waals surface area contributed by atoms with Gasteiger partial charge in [0.1, 0.15) is 0 Å². The van der Waals surface area contributed by atoms with Gasteiger partial charge in [0.25, 0.3) is 0 Å². The lowest BCUT2D eigenvalue weighted by Crippen LogP contribution is -2.28. The molecule has 1 aromatic heterocycles. The van der Waals surface area contributed by atoms with E-state index < -0.39 is 5.41 Å². The molecule has 0 amide bonds. The van der Waals surface area contributed by atoms with E-state index in [2.05, 4.69) is 226 Å². The average molecular weight is 791 g/mol. The fourth-order valence-electron chi connectivity index (χ4n) is 10.6. The predicted molar refractivity (Wildman–Crippen MR) is 256 cm³/mol. The molecule has 2 aliphatic carbocycles. The van der Waals surface area contributed by atoms with Crippen LogP contribution in [0, 0.1) is 0 Å². The number of hydrogen-bond donors (Lipinski definition) is 0. The number of nitrogens with zero attached hydrogens (tertiary/aromatic N) is 2. The van der Waals surface area contributed by atoms with E-state index >= 15 is 0 Å². The van der Waals surface area contributed by atoms with Crippen LogP contribution in [0.25, 0.3) is 78.1 Å². The zero-order chi connectivity index (χ0) is 41.4. The third-order valence-electron chi connectivity index (χ3n) is 13.6. The van der Waals surface area contributed by atoms with Crippen molar-refractivity contribution < 1.29 is 0 Å². The smallest absolute Gasteiger partial charge is 0.160 e. The molecule has 2 nitrogen and oxygen atoms in total. The first-order valence-electron chi connectivity index (χ1n) is 21.6. The van der Waals surface area contributed by atoms with Crippen LogP contribution in [0.2, 0.25) is 0 Å². The van der Waals surface area contributed by atoms with E-state index in [0.29, 0.717) is 5.82 Å². The van der Waals surface area contributed by atoms with Crippen LogP contribution in [-0.2, 0) is 10.8 Å². The number of aromatic nitrogens is 2. The van der Waals surface area contributed by atoms with Crippen LogP contribution < -0.4 is 0 Å². The van der Waals surface area contributed by atoms with E-state index in [1.54, 1.807) is 0 Å². The second-order valence-corrected chi connectivity index (χ2v) is 17.3. The fraction of sp³-hybridized carbons (Fsp3) is 0.0667. The first-order chi connectivity index (χ1) is 30.5. The summed E-state index contributed by atoms with van der Waals surface area (Å²) < 4.78 is 0. The van der Waals surface area contributed by atoms with Crippen LogP contribution in [0.4, 0.5) is 0 Å². The van der Waals surface area contributed by atoms with E-state index in [9.17, 15) is 0 Å². The maximum absolute atomic E-state index is 5.28. The van der Waals surface area contributed by atoms with Crippen molar-refractivity contribution in [1.82, 2.24) is 9.97 Å². The monoisotopic (exact) mass is 790 g/mol. The van der Waals surface area contributed by atoms with Crippen LogP contribution in [0.1, 0.15) is 47.2 Å². The second-order valence-electron chi connectivity index (χ2n) is 17.3. The topological polar surface area (TPSA) is 25.8 Å². The van der Waals surface area contributed by atoms with Gasteiger partial charge in [-0.15, -0.1) is 0 Å². The Balaban J connectivity index is 0.990. The molecule has 0 fully saturated rings. The summed E-state index contributed by atoms with van der Waals surface area (Å²) in [5, 5.41) is 2.56. The molecule has 1 heterocycles. The number of rotatable bonds is 6. The molecule has 0 unspecified atom stereocenters. The summed E-state index contributed by atoms with van der Waals surface area (Å²) in [6.07, 6.45) is 0. The van der Waals surface area contributed by atoms with Crippen LogP contribution in [0.5, 0.6) is 0 Å². The standard InChI is InChI=1S/C60H42N2/c1-59(2)53-28-16-26-47(57(53)50-35-42-19-12-13-20-43(42)37-54(50)59)39-29-31-40(32-30-39)55-38-56(62-58(61-55)41-17-6-3-7-18-41)44-33-34-52-49(36-44)48-25-14-15-27-51(48)60(52,45-21-8-4-9-22-45)46-23-10-5-11-24-46/h3-38H,1-2H3. The highest BCUT2D eigenvalue weighted by atomic mass is 14.9. The van der Waals surface area contributed by atoms with Crippen molar-refractivity contribution >= 4 is 10.8 Å². The molecule has 0 N–H and O–H groups in total. The van der Waals surface area contributed by atoms with Crippen molar-refractivity contribution in [3.8, 4) is 67.3 Å². The van der Waals surface area contributed by atoms with Crippen molar-refractivity contribution in [3.63, 3.8) is 0 Å². The van der Waals surface area contributed by atoms with Crippen LogP contribution in [0.3, 0.4) is 0 Å². The van der Waals surface area contributed by atoms with Crippen LogP contribution in [-0.4, -0.2) is 9.97 Å². The lowest BCUT2D eigenvalue weighted by molar-refractivity contribution is 0.661. The van der Waals surface area contributed by atoms with E-state index in [-0.39, 0.29) is 5.41 Å². The van der Waals surface area contributed by atoms with Crippen molar-refractivity contribution in [2.75, 3.05) is 0 Å². The van der Waals surface area contributed by atoms with Gasteiger partial charge in [-0.2, -0.15) is 0 Å². The molecule has 0 spiro atoms. The molecule has 62 heavy (non-hydrogen) atoms. The maximum Gasteiger partial charge on any atom is 0.160 e. The molecule has 0 saturated carbocycles. The van der Waals surface area contributed by atoms with Crippen LogP contribution >= 0.6 is 0 Å². The molecular formula is C60H42N2. The van der Waals surface area contributed by atoms with E-state index in [1.807, 2.05) is 6.07 Å². The van der Waals surface area contributed by atoms with E-state index in [4.69, 9.17) is 9.97 Å². The van der Waals surface area contributed by atoms with Gasteiger partial charge < -0.3 is 0 Å². The van der Waals surface area contributed by atoms with Crippen molar-refractivity contribution in [3.05, 3.63) is 252 Å². The summed E-state index contributed by atoms with van der Waals surface area (Å²) in [6.45, 7) is 4.72. The molecule has 9 aromatic carbocycles. The summed E-state index contributed by atoms with van der Waals surface area (Å²) in [4.78, 5) is 10.5. The predicted octanol–water partition coefficient (Wildman–Crippen LogP) is 15.0. The third-order valence-corrected chi connectivity index (χ3v) is 13.6. The van der Waals surface area contributed by atoms with Gasteiger partial charge in [0.05, 0.1) is 16.8 Å². The highest BCUT2D eigenvalue weighted by Crippen LogP contribution is 2.57. The lowest BCUT2D eigenvalue weighted by Gasteiger charge is -2.33. The molecule has 2 heteroatoms. The minimum Gasteiger partial charge on any atom is -0.228 e. The maximum atomic E-state index is 5.28. The molecule has 0 bridgehead atoms. The first-order valence-corrected chi connectivity index (χ1v) is 21.6. The molecule has 10 aromatic rings. The van der Waals surface area contributed by atoms with Gasteiger partial charge in [0.15, 0.2) is 5.82 Å². The Labute approximate surface area is 362 Å². The van der Waals surface area contributed by atoms with Gasteiger partial charge >= 0.3 is 0 Å². The molecule has 292 valence electrons. The zero-order valence-electron chi connectivity index (χ0n) is 34.7. The Kier molecular flexibility index (Phi) is 8.14. The molecule has 0 saturated heterocycles. The van der Waals surface area contributed by atoms with Crippen molar-refractivity contribution in [2.24, 2.45) is 0 Å². The number of hydrogen-bond acceptors (Lipinski definition) is 2. The van der Waals surface area contributed by atoms with Gasteiger partial charge in [0, 0.05) is 22.1 Å². The highest BCUT2D eigenvalue weighted by Gasteiger charge is 2.46. The molecule has 12 rings (SSSR count). The molecule has 0 aliphatic heterocycles. The Hall–Kier alpha value is -7.68. The summed E-state index contributed by atoms with van der Waals surface area (Å²) in [5.74, 6) is 0.706. The Morgan fingerprint density at radius 1 is 0.323 bits per heavy atom. The zero-order valence-corrected chi connectivity index (χ0v) is 34.7. The van der Waals surface area contributed by atoms with E-state index in [1.165, 1.54) is 77.5 Å². The number of fused-ring (bicyclic) bond motifs is 7. The van der Waals surface area contributed by atoms with Gasteiger partial charge in [-0.1, -0.05) is 208 Å². The molecule has 0 atom stereocenters. The largest absolute Gasteiger partial charge is 0.228 e. The highest BCUT2D eigenvalue weighted by molar-refractivity contribution is 5.99. The third kappa shape index (κ3) is 5.43. The quantitative estimate of drug-likeness (QED) is 0.168. The van der Waals surface area contributed by atoms with E-state index in [0.717, 1.165) is 28.1 Å². The summed E-state index contributed by atoms with van der Waals surface area (Å²) in [5.41, 5.74) is 19.8. The molecular weight excluding hydrogens is 749 g/mol. The van der Waals surface area contributed by atoms with Crippen LogP contribution in [0.15, 0.2) is 218 Å². The van der Waals surface area contributed by atoms with Gasteiger partial charge in [-0.25, -0.2) is 9.97 Å². The lowest BCUT2D eigenvalue weighted by atomic mass is 9.67. The molecule has 0 radical (unpaired) electrons. The second kappa shape index (κ2) is 13.9. The minimum absolute atomic E-state index is 0.0972. The number of benzene rings is 9. The van der Waals surface area contributed by atoms with Crippen molar-refractivity contribution in [2.45, 2.75) is 24.7 Å². The summed E-state index contributed by atoms with van der Waals surface area (Å²) >= 11 is 0. The molecule has 2 aliphatic rings. The minimum atomic E-state index is -0.453. The Morgan fingerprint density at radius 3 is 1.56 bits per heavy atom. The SMILES string of the molecule is CC1(C)c2cc3ccccc3cc2-c2c(-c3ccc(-c4cc(-c5ccc6c(c5)-c5ccccc5C6(c5ccccc5)c5ccccc5)nc(-c5ccccc5)n4)cc3)cccc21.